The predicted octanol–water partition coefficient (Wildman–Crippen LogP) is 1.94. The maximum atomic E-state index is 13.0. The second-order valence-electron chi connectivity index (χ2n) is 8.30. The Kier molecular flexibility index (Phi) is 7.74. The van der Waals surface area contributed by atoms with E-state index in [1.165, 1.54) is 4.90 Å². The van der Waals surface area contributed by atoms with Gasteiger partial charge in [-0.1, -0.05) is 30.3 Å². The van der Waals surface area contributed by atoms with Crippen molar-refractivity contribution in [3.8, 4) is 0 Å². The number of esters is 1. The van der Waals surface area contributed by atoms with Crippen LogP contribution >= 0.6 is 0 Å². The van der Waals surface area contributed by atoms with Crippen molar-refractivity contribution in [2.45, 2.75) is 32.9 Å². The van der Waals surface area contributed by atoms with Gasteiger partial charge in [0.1, 0.15) is 0 Å². The molecular formula is C23H33N5O4. The van der Waals surface area contributed by atoms with Gasteiger partial charge in [-0.3, -0.25) is 9.80 Å². The maximum Gasteiger partial charge on any atom is 0.338 e. The van der Waals surface area contributed by atoms with Crippen LogP contribution < -0.4 is 10.6 Å². The third-order valence-corrected chi connectivity index (χ3v) is 5.65. The van der Waals surface area contributed by atoms with Gasteiger partial charge >= 0.3 is 18.0 Å². The van der Waals surface area contributed by atoms with Crippen molar-refractivity contribution in [1.82, 2.24) is 25.3 Å². The molecule has 0 radical (unpaired) electrons. The van der Waals surface area contributed by atoms with Gasteiger partial charge in [0.2, 0.25) is 0 Å². The van der Waals surface area contributed by atoms with Crippen LogP contribution in [-0.2, 0) is 9.53 Å². The van der Waals surface area contributed by atoms with E-state index in [1.807, 2.05) is 44.2 Å². The highest BCUT2D eigenvalue weighted by Crippen LogP contribution is 2.31. The van der Waals surface area contributed by atoms with Crippen molar-refractivity contribution in [2.24, 2.45) is 0 Å². The standard InChI is InChI=1S/C23H33N5O4/c1-5-32-21(29)19-18(15-27-11-13-28(14-12-27)23(31)24-16(2)3)26(4)22(30)25-20(19)17-9-7-6-8-10-17/h6-10,16,20H,5,11-15H2,1-4H3,(H,24,31)(H,25,30). The van der Waals surface area contributed by atoms with Crippen LogP contribution in [0.2, 0.25) is 0 Å². The summed E-state index contributed by atoms with van der Waals surface area (Å²) in [6, 6.07) is 8.60. The molecule has 2 aliphatic rings. The van der Waals surface area contributed by atoms with E-state index in [0.717, 1.165) is 5.56 Å². The molecular weight excluding hydrogens is 410 g/mol. The number of carbonyl (C=O) groups excluding carboxylic acids is 3. The van der Waals surface area contributed by atoms with Crippen LogP contribution in [0.4, 0.5) is 9.59 Å². The molecule has 0 aliphatic carbocycles. The lowest BCUT2D eigenvalue weighted by molar-refractivity contribution is -0.139. The summed E-state index contributed by atoms with van der Waals surface area (Å²) in [5.41, 5.74) is 1.89. The number of benzene rings is 1. The first-order valence-corrected chi connectivity index (χ1v) is 11.1. The fraction of sp³-hybridized carbons (Fsp3) is 0.522. The van der Waals surface area contributed by atoms with Crippen molar-refractivity contribution in [2.75, 3.05) is 46.4 Å². The van der Waals surface area contributed by atoms with Crippen LogP contribution in [0.5, 0.6) is 0 Å². The highest BCUT2D eigenvalue weighted by Gasteiger charge is 2.37. The van der Waals surface area contributed by atoms with E-state index in [2.05, 4.69) is 15.5 Å². The number of rotatable bonds is 6. The van der Waals surface area contributed by atoms with Crippen molar-refractivity contribution < 1.29 is 19.1 Å². The van der Waals surface area contributed by atoms with Crippen LogP contribution in [0.3, 0.4) is 0 Å². The highest BCUT2D eigenvalue weighted by molar-refractivity contribution is 5.95. The average molecular weight is 444 g/mol. The van der Waals surface area contributed by atoms with Crippen molar-refractivity contribution in [1.29, 1.82) is 0 Å². The third-order valence-electron chi connectivity index (χ3n) is 5.65. The van der Waals surface area contributed by atoms with E-state index >= 15 is 0 Å². The van der Waals surface area contributed by atoms with Gasteiger partial charge in [-0.2, -0.15) is 0 Å². The zero-order chi connectivity index (χ0) is 23.3. The quantitative estimate of drug-likeness (QED) is 0.656. The molecule has 2 aliphatic heterocycles. The summed E-state index contributed by atoms with van der Waals surface area (Å²) in [5.74, 6) is -0.432. The van der Waals surface area contributed by atoms with E-state index in [1.54, 1.807) is 18.9 Å². The molecule has 1 aromatic rings. The fourth-order valence-corrected chi connectivity index (χ4v) is 3.95. The van der Waals surface area contributed by atoms with E-state index in [0.29, 0.717) is 44.0 Å². The van der Waals surface area contributed by atoms with Gasteiger partial charge in [-0.25, -0.2) is 14.4 Å². The Morgan fingerprint density at radius 3 is 2.41 bits per heavy atom. The number of urea groups is 2. The van der Waals surface area contributed by atoms with Gasteiger partial charge < -0.3 is 20.3 Å². The minimum atomic E-state index is -0.577. The predicted molar refractivity (Wildman–Crippen MR) is 121 cm³/mol. The smallest absolute Gasteiger partial charge is 0.338 e. The number of carbonyl (C=O) groups is 3. The number of piperazine rings is 1. The molecule has 9 heteroatoms. The number of hydrogen-bond acceptors (Lipinski definition) is 5. The van der Waals surface area contributed by atoms with Crippen LogP contribution in [0.1, 0.15) is 32.4 Å². The minimum absolute atomic E-state index is 0.0654. The number of hydrogen-bond donors (Lipinski definition) is 2. The van der Waals surface area contributed by atoms with Crippen LogP contribution in [0.25, 0.3) is 0 Å². The molecule has 1 unspecified atom stereocenters. The van der Waals surface area contributed by atoms with E-state index < -0.39 is 12.0 Å². The van der Waals surface area contributed by atoms with Crippen molar-refractivity contribution in [3.05, 3.63) is 47.2 Å². The zero-order valence-electron chi connectivity index (χ0n) is 19.3. The lowest BCUT2D eigenvalue weighted by atomic mass is 9.94. The van der Waals surface area contributed by atoms with Gasteiger partial charge in [-0.15, -0.1) is 0 Å². The zero-order valence-corrected chi connectivity index (χ0v) is 19.3. The van der Waals surface area contributed by atoms with Gasteiger partial charge in [0.05, 0.1) is 18.2 Å². The van der Waals surface area contributed by atoms with Crippen molar-refractivity contribution >= 4 is 18.0 Å². The topological polar surface area (TPSA) is 94.2 Å². The molecule has 32 heavy (non-hydrogen) atoms. The first kappa shape index (κ1) is 23.6. The SMILES string of the molecule is CCOC(=O)C1=C(CN2CCN(C(=O)NC(C)C)CC2)N(C)C(=O)NC1c1ccccc1. The first-order valence-electron chi connectivity index (χ1n) is 11.1. The van der Waals surface area contributed by atoms with Gasteiger partial charge in [0, 0.05) is 51.5 Å². The molecule has 1 fully saturated rings. The highest BCUT2D eigenvalue weighted by atomic mass is 16.5. The molecule has 2 heterocycles. The van der Waals surface area contributed by atoms with E-state index in [4.69, 9.17) is 4.74 Å². The molecule has 2 N–H and O–H groups in total. The Hall–Kier alpha value is -3.07. The largest absolute Gasteiger partial charge is 0.463 e. The number of likely N-dealkylation sites (N-methyl/N-ethyl adjacent to an activating group) is 1. The summed E-state index contributed by atoms with van der Waals surface area (Å²) < 4.78 is 5.37. The van der Waals surface area contributed by atoms with Crippen LogP contribution in [0, 0.1) is 0 Å². The monoisotopic (exact) mass is 443 g/mol. The van der Waals surface area contributed by atoms with Gasteiger partial charge in [-0.05, 0) is 26.3 Å². The van der Waals surface area contributed by atoms with E-state index in [9.17, 15) is 14.4 Å². The van der Waals surface area contributed by atoms with Gasteiger partial charge in [0.15, 0.2) is 0 Å². The summed E-state index contributed by atoms with van der Waals surface area (Å²) >= 11 is 0. The molecule has 4 amide bonds. The fourth-order valence-electron chi connectivity index (χ4n) is 3.95. The Bertz CT molecular complexity index is 862. The Labute approximate surface area is 189 Å². The van der Waals surface area contributed by atoms with Gasteiger partial charge in [0.25, 0.3) is 0 Å². The molecule has 1 aromatic carbocycles. The molecule has 0 aromatic heterocycles. The van der Waals surface area contributed by atoms with Crippen LogP contribution in [-0.4, -0.2) is 85.2 Å². The maximum absolute atomic E-state index is 13.0. The number of amides is 4. The first-order chi connectivity index (χ1) is 15.3. The number of nitrogens with zero attached hydrogens (tertiary/aromatic N) is 3. The minimum Gasteiger partial charge on any atom is -0.463 e. The molecule has 0 spiro atoms. The molecule has 0 saturated carbocycles. The summed E-state index contributed by atoms with van der Waals surface area (Å²) in [5, 5.41) is 5.85. The molecule has 0 bridgehead atoms. The summed E-state index contributed by atoms with van der Waals surface area (Å²) in [6.45, 7) is 8.77. The molecule has 3 rings (SSSR count). The third kappa shape index (κ3) is 5.40. The molecule has 1 atom stereocenters. The molecule has 9 nitrogen and oxygen atoms in total. The van der Waals surface area contributed by atoms with Crippen molar-refractivity contribution in [3.63, 3.8) is 0 Å². The second kappa shape index (κ2) is 10.5. The summed E-state index contributed by atoms with van der Waals surface area (Å²) in [4.78, 5) is 43.5. The Balaban J connectivity index is 1.84. The second-order valence-corrected chi connectivity index (χ2v) is 8.30. The Morgan fingerprint density at radius 1 is 1.16 bits per heavy atom. The number of nitrogens with one attached hydrogen (secondary N) is 2. The average Bonchev–Trinajstić information content (AvgIpc) is 2.77. The molecule has 1 saturated heterocycles. The number of ether oxygens (including phenoxy) is 1. The van der Waals surface area contributed by atoms with E-state index in [-0.39, 0.29) is 24.7 Å². The Morgan fingerprint density at radius 2 is 1.81 bits per heavy atom. The normalized spacial score (nSPS) is 19.8. The lowest BCUT2D eigenvalue weighted by Gasteiger charge is -2.39. The molecule has 174 valence electrons. The van der Waals surface area contributed by atoms with Crippen LogP contribution in [0.15, 0.2) is 41.6 Å². The summed E-state index contributed by atoms with van der Waals surface area (Å²) in [6.07, 6.45) is 0. The summed E-state index contributed by atoms with van der Waals surface area (Å²) in [7, 11) is 1.66. The lowest BCUT2D eigenvalue weighted by Crippen LogP contribution is -2.55.